The Kier molecular flexibility index (Phi) is 5.48. The van der Waals surface area contributed by atoms with Crippen molar-refractivity contribution in [2.75, 3.05) is 27.0 Å². The van der Waals surface area contributed by atoms with E-state index in [0.29, 0.717) is 19.4 Å². The third kappa shape index (κ3) is 3.87. The molecule has 0 N–H and O–H groups in total. The molecule has 0 radical (unpaired) electrons. The number of rotatable bonds is 3. The standard InChI is InChI=1S/C16H21NO6S/c1-22-15(18)12-8-9-17(16(19)23-2)14(10-12)11-4-6-13(7-5-11)24(3,20)21/h4-7,12,14H,8-10H2,1-3H3. The Hall–Kier alpha value is -2.09. The van der Waals surface area contributed by atoms with E-state index < -0.39 is 15.9 Å². The minimum absolute atomic E-state index is 0.205. The minimum Gasteiger partial charge on any atom is -0.469 e. The molecule has 24 heavy (non-hydrogen) atoms. The van der Waals surface area contributed by atoms with Crippen molar-refractivity contribution in [2.24, 2.45) is 5.92 Å². The van der Waals surface area contributed by atoms with Crippen molar-refractivity contribution in [2.45, 2.75) is 23.8 Å². The van der Waals surface area contributed by atoms with E-state index >= 15 is 0 Å². The number of piperidine rings is 1. The summed E-state index contributed by atoms with van der Waals surface area (Å²) in [6, 6.07) is 5.96. The van der Waals surface area contributed by atoms with Gasteiger partial charge in [-0.2, -0.15) is 0 Å². The van der Waals surface area contributed by atoms with Gasteiger partial charge in [-0.3, -0.25) is 4.79 Å². The third-order valence-corrected chi connectivity index (χ3v) is 5.37. The molecule has 1 heterocycles. The Labute approximate surface area is 141 Å². The van der Waals surface area contributed by atoms with Gasteiger partial charge in [-0.1, -0.05) is 12.1 Å². The summed E-state index contributed by atoms with van der Waals surface area (Å²) in [6.45, 7) is 0.366. The SMILES string of the molecule is COC(=O)C1CCN(C(=O)OC)C(c2ccc(S(C)(=O)=O)cc2)C1. The van der Waals surface area contributed by atoms with Crippen molar-refractivity contribution in [3.63, 3.8) is 0 Å². The highest BCUT2D eigenvalue weighted by atomic mass is 32.2. The van der Waals surface area contributed by atoms with E-state index in [0.717, 1.165) is 11.8 Å². The summed E-state index contributed by atoms with van der Waals surface area (Å²) in [5.41, 5.74) is 0.751. The van der Waals surface area contributed by atoms with Gasteiger partial charge in [0.25, 0.3) is 0 Å². The highest BCUT2D eigenvalue weighted by Crippen LogP contribution is 2.35. The van der Waals surface area contributed by atoms with Gasteiger partial charge in [0, 0.05) is 12.8 Å². The quantitative estimate of drug-likeness (QED) is 0.768. The van der Waals surface area contributed by atoms with Crippen LogP contribution < -0.4 is 0 Å². The summed E-state index contributed by atoms with van der Waals surface area (Å²) in [5.74, 6) is -0.618. The molecular weight excluding hydrogens is 334 g/mol. The number of hydrogen-bond donors (Lipinski definition) is 0. The second-order valence-corrected chi connectivity index (χ2v) is 7.78. The maximum atomic E-state index is 12.0. The molecule has 7 nitrogen and oxygen atoms in total. The second-order valence-electron chi connectivity index (χ2n) is 5.76. The monoisotopic (exact) mass is 355 g/mol. The van der Waals surface area contributed by atoms with Crippen molar-refractivity contribution in [1.82, 2.24) is 4.90 Å². The van der Waals surface area contributed by atoms with Crippen LogP contribution in [-0.4, -0.2) is 52.4 Å². The fourth-order valence-corrected chi connectivity index (χ4v) is 3.57. The number of ether oxygens (including phenoxy) is 2. The van der Waals surface area contributed by atoms with Crippen LogP contribution in [0, 0.1) is 5.92 Å². The van der Waals surface area contributed by atoms with Gasteiger partial charge in [0.15, 0.2) is 9.84 Å². The average Bonchev–Trinajstić information content (AvgIpc) is 2.59. The van der Waals surface area contributed by atoms with Crippen LogP contribution in [0.3, 0.4) is 0 Å². The Morgan fingerprint density at radius 3 is 2.25 bits per heavy atom. The number of nitrogens with zero attached hydrogens (tertiary/aromatic N) is 1. The van der Waals surface area contributed by atoms with Gasteiger partial charge < -0.3 is 14.4 Å². The van der Waals surface area contributed by atoms with Gasteiger partial charge >= 0.3 is 12.1 Å². The highest BCUT2D eigenvalue weighted by Gasteiger charge is 2.36. The normalized spacial score (nSPS) is 21.2. The first kappa shape index (κ1) is 18.3. The van der Waals surface area contributed by atoms with Crippen LogP contribution in [0.1, 0.15) is 24.4 Å². The first-order chi connectivity index (χ1) is 11.3. The van der Waals surface area contributed by atoms with Gasteiger partial charge in [-0.15, -0.1) is 0 Å². The van der Waals surface area contributed by atoms with Crippen LogP contribution in [0.15, 0.2) is 29.2 Å². The van der Waals surface area contributed by atoms with E-state index in [1.165, 1.54) is 26.4 Å². The average molecular weight is 355 g/mol. The van der Waals surface area contributed by atoms with E-state index in [-0.39, 0.29) is 22.8 Å². The number of carbonyl (C=O) groups is 2. The van der Waals surface area contributed by atoms with Crippen LogP contribution in [0.4, 0.5) is 4.79 Å². The summed E-state index contributed by atoms with van der Waals surface area (Å²) >= 11 is 0. The van der Waals surface area contributed by atoms with Crippen molar-refractivity contribution in [1.29, 1.82) is 0 Å². The molecule has 2 rings (SSSR count). The Balaban J connectivity index is 2.32. The smallest absolute Gasteiger partial charge is 0.409 e. The van der Waals surface area contributed by atoms with Crippen molar-refractivity contribution in [3.8, 4) is 0 Å². The lowest BCUT2D eigenvalue weighted by Crippen LogP contribution is -2.42. The molecule has 0 aliphatic carbocycles. The number of sulfone groups is 1. The first-order valence-electron chi connectivity index (χ1n) is 7.50. The van der Waals surface area contributed by atoms with Crippen LogP contribution in [0.5, 0.6) is 0 Å². The fourth-order valence-electron chi connectivity index (χ4n) is 2.94. The predicted molar refractivity (Wildman–Crippen MR) is 86.1 cm³/mol. The lowest BCUT2D eigenvalue weighted by atomic mass is 9.87. The topological polar surface area (TPSA) is 90.0 Å². The molecule has 1 aromatic rings. The van der Waals surface area contributed by atoms with Crippen molar-refractivity contribution >= 4 is 21.9 Å². The van der Waals surface area contributed by atoms with Crippen molar-refractivity contribution < 1.29 is 27.5 Å². The predicted octanol–water partition coefficient (Wildman–Crippen LogP) is 1.78. The summed E-state index contributed by atoms with van der Waals surface area (Å²) in [4.78, 5) is 25.6. The van der Waals surface area contributed by atoms with Gasteiger partial charge in [-0.25, -0.2) is 13.2 Å². The molecule has 0 aromatic heterocycles. The van der Waals surface area contributed by atoms with E-state index in [9.17, 15) is 18.0 Å². The maximum absolute atomic E-state index is 12.0. The number of hydrogen-bond acceptors (Lipinski definition) is 6. The number of likely N-dealkylation sites (tertiary alicyclic amines) is 1. The number of methoxy groups -OCH3 is 2. The summed E-state index contributed by atoms with van der Waals surface area (Å²) < 4.78 is 32.8. The fraction of sp³-hybridized carbons (Fsp3) is 0.500. The second kappa shape index (κ2) is 7.21. The Morgan fingerprint density at radius 2 is 1.75 bits per heavy atom. The molecule has 0 spiro atoms. The van der Waals surface area contributed by atoms with Crippen molar-refractivity contribution in [3.05, 3.63) is 29.8 Å². The summed E-state index contributed by atoms with van der Waals surface area (Å²) in [5, 5.41) is 0. The minimum atomic E-state index is -3.29. The molecule has 8 heteroatoms. The molecule has 132 valence electrons. The van der Waals surface area contributed by atoms with Crippen LogP contribution in [-0.2, 0) is 24.1 Å². The summed E-state index contributed by atoms with van der Waals surface area (Å²) in [7, 11) is -0.650. The van der Waals surface area contributed by atoms with Crippen LogP contribution >= 0.6 is 0 Å². The van der Waals surface area contributed by atoms with Crippen LogP contribution in [0.25, 0.3) is 0 Å². The number of carbonyl (C=O) groups excluding carboxylic acids is 2. The number of amides is 1. The lowest BCUT2D eigenvalue weighted by Gasteiger charge is -2.37. The molecule has 1 aliphatic rings. The number of esters is 1. The highest BCUT2D eigenvalue weighted by molar-refractivity contribution is 7.90. The lowest BCUT2D eigenvalue weighted by molar-refractivity contribution is -0.147. The zero-order valence-corrected chi connectivity index (χ0v) is 14.7. The van der Waals surface area contributed by atoms with E-state index in [4.69, 9.17) is 9.47 Å². The zero-order chi connectivity index (χ0) is 17.9. The molecule has 0 saturated carbocycles. The number of benzene rings is 1. The molecular formula is C16H21NO6S. The molecule has 1 aliphatic heterocycles. The molecule has 1 saturated heterocycles. The molecule has 1 amide bonds. The van der Waals surface area contributed by atoms with Gasteiger partial charge in [0.05, 0.1) is 31.1 Å². The zero-order valence-electron chi connectivity index (χ0n) is 13.9. The van der Waals surface area contributed by atoms with E-state index in [1.807, 2.05) is 0 Å². The molecule has 2 unspecified atom stereocenters. The first-order valence-corrected chi connectivity index (χ1v) is 9.39. The Bertz CT molecular complexity index is 713. The molecule has 2 atom stereocenters. The maximum Gasteiger partial charge on any atom is 0.409 e. The van der Waals surface area contributed by atoms with Crippen LogP contribution in [0.2, 0.25) is 0 Å². The molecule has 0 bridgehead atoms. The van der Waals surface area contributed by atoms with Gasteiger partial charge in [-0.05, 0) is 30.5 Å². The van der Waals surface area contributed by atoms with E-state index in [1.54, 1.807) is 17.0 Å². The van der Waals surface area contributed by atoms with Gasteiger partial charge in [0.1, 0.15) is 0 Å². The third-order valence-electron chi connectivity index (χ3n) is 4.24. The summed E-state index contributed by atoms with van der Waals surface area (Å²) in [6.07, 6.45) is 1.56. The largest absolute Gasteiger partial charge is 0.469 e. The van der Waals surface area contributed by atoms with E-state index in [2.05, 4.69) is 0 Å². The Morgan fingerprint density at radius 1 is 1.12 bits per heavy atom. The molecule has 1 fully saturated rings. The molecule has 1 aromatic carbocycles. The van der Waals surface area contributed by atoms with Gasteiger partial charge in [0.2, 0.25) is 0 Å².